The Morgan fingerprint density at radius 2 is 1.38 bits per heavy atom. The summed E-state index contributed by atoms with van der Waals surface area (Å²) >= 11 is 0. The van der Waals surface area contributed by atoms with Crippen LogP contribution in [0, 0.1) is 0 Å². The lowest BCUT2D eigenvalue weighted by atomic mass is 9.68. The van der Waals surface area contributed by atoms with Gasteiger partial charge in [0, 0.05) is 11.5 Å². The fraction of sp³-hybridized carbons (Fsp3) is 0.300. The molecule has 108 valence electrons. The van der Waals surface area contributed by atoms with Crippen LogP contribution in [0.2, 0.25) is 0 Å². The van der Waals surface area contributed by atoms with E-state index >= 15 is 0 Å². The first-order valence-electron chi connectivity index (χ1n) is 7.69. The van der Waals surface area contributed by atoms with Crippen molar-refractivity contribution < 1.29 is 0 Å². The second kappa shape index (κ2) is 5.87. The molecule has 3 rings (SSSR count). The molecule has 2 aromatic rings. The predicted octanol–water partition coefficient (Wildman–Crippen LogP) is 4.25. The highest BCUT2D eigenvalue weighted by molar-refractivity contribution is 5.45. The summed E-state index contributed by atoms with van der Waals surface area (Å²) in [5.74, 6) is 0. The molecule has 1 aliphatic rings. The molecule has 0 fully saturated rings. The summed E-state index contributed by atoms with van der Waals surface area (Å²) in [6.07, 6.45) is 7.14. The van der Waals surface area contributed by atoms with Crippen molar-refractivity contribution in [2.24, 2.45) is 0 Å². The van der Waals surface area contributed by atoms with Gasteiger partial charge in [-0.1, -0.05) is 72.8 Å². The highest BCUT2D eigenvalue weighted by Gasteiger charge is 2.34. The van der Waals surface area contributed by atoms with Crippen LogP contribution in [0.15, 0.2) is 72.8 Å². The van der Waals surface area contributed by atoms with Crippen molar-refractivity contribution in [2.45, 2.75) is 24.3 Å². The molecule has 0 aromatic heterocycles. The summed E-state index contributed by atoms with van der Waals surface area (Å²) in [6.45, 7) is 0. The summed E-state index contributed by atoms with van der Waals surface area (Å²) < 4.78 is 0. The molecule has 1 unspecified atom stereocenters. The van der Waals surface area contributed by atoms with Crippen LogP contribution in [0.3, 0.4) is 0 Å². The molecule has 0 saturated heterocycles. The van der Waals surface area contributed by atoms with E-state index in [9.17, 15) is 0 Å². The zero-order chi connectivity index (χ0) is 14.7. The van der Waals surface area contributed by atoms with Crippen molar-refractivity contribution in [1.29, 1.82) is 0 Å². The fourth-order valence-electron chi connectivity index (χ4n) is 3.38. The van der Waals surface area contributed by atoms with Crippen molar-refractivity contribution in [3.05, 3.63) is 83.9 Å². The number of allylic oxidation sites excluding steroid dienone is 1. The number of hydrogen-bond acceptors (Lipinski definition) is 1. The van der Waals surface area contributed by atoms with Gasteiger partial charge in [0.2, 0.25) is 0 Å². The predicted molar refractivity (Wildman–Crippen MR) is 89.5 cm³/mol. The minimum absolute atomic E-state index is 0.0228. The molecular weight excluding hydrogens is 254 g/mol. The molecule has 0 radical (unpaired) electrons. The lowest BCUT2D eigenvalue weighted by molar-refractivity contribution is 0.297. The van der Waals surface area contributed by atoms with Gasteiger partial charge in [0.25, 0.3) is 0 Å². The minimum atomic E-state index is 0.0228. The number of benzene rings is 2. The molecule has 1 atom stereocenters. The SMILES string of the molecule is CN(C)C1C=CC(c2ccccc2)(c2ccccc2)CC1. The van der Waals surface area contributed by atoms with Crippen LogP contribution in [0.5, 0.6) is 0 Å². The van der Waals surface area contributed by atoms with Crippen LogP contribution in [0.1, 0.15) is 24.0 Å². The van der Waals surface area contributed by atoms with Crippen LogP contribution in [0.4, 0.5) is 0 Å². The van der Waals surface area contributed by atoms with Crippen molar-refractivity contribution in [3.8, 4) is 0 Å². The van der Waals surface area contributed by atoms with E-state index in [0.717, 1.165) is 6.42 Å². The number of rotatable bonds is 3. The van der Waals surface area contributed by atoms with Gasteiger partial charge in [-0.3, -0.25) is 0 Å². The quantitative estimate of drug-likeness (QED) is 0.758. The normalized spacial score (nSPS) is 20.6. The molecule has 0 bridgehead atoms. The van der Waals surface area contributed by atoms with E-state index in [0.29, 0.717) is 6.04 Å². The molecular formula is C20H23N. The van der Waals surface area contributed by atoms with Crippen LogP contribution in [0.25, 0.3) is 0 Å². The van der Waals surface area contributed by atoms with Crippen molar-refractivity contribution in [1.82, 2.24) is 4.90 Å². The standard InChI is InChI=1S/C20H23N/c1-21(2)19-13-15-20(16-14-19,17-9-5-3-6-10-17)18-11-7-4-8-12-18/h3-13,15,19H,14,16H2,1-2H3. The van der Waals surface area contributed by atoms with E-state index in [-0.39, 0.29) is 5.41 Å². The average molecular weight is 277 g/mol. The van der Waals surface area contributed by atoms with Gasteiger partial charge in [-0.25, -0.2) is 0 Å². The van der Waals surface area contributed by atoms with Crippen LogP contribution in [-0.2, 0) is 5.41 Å². The third kappa shape index (κ3) is 2.66. The zero-order valence-corrected chi connectivity index (χ0v) is 12.9. The molecule has 0 saturated carbocycles. The first-order valence-corrected chi connectivity index (χ1v) is 7.69. The second-order valence-electron chi connectivity index (χ2n) is 6.13. The molecule has 0 amide bonds. The van der Waals surface area contributed by atoms with Gasteiger partial charge < -0.3 is 4.90 Å². The maximum Gasteiger partial charge on any atom is 0.0383 e. The van der Waals surface area contributed by atoms with Gasteiger partial charge in [-0.2, -0.15) is 0 Å². The smallest absolute Gasteiger partial charge is 0.0383 e. The van der Waals surface area contributed by atoms with Crippen molar-refractivity contribution in [2.75, 3.05) is 14.1 Å². The molecule has 1 nitrogen and oxygen atoms in total. The van der Waals surface area contributed by atoms with Gasteiger partial charge in [-0.15, -0.1) is 0 Å². The van der Waals surface area contributed by atoms with Gasteiger partial charge >= 0.3 is 0 Å². The number of likely N-dealkylation sites (N-methyl/N-ethyl adjacent to an activating group) is 1. The molecule has 2 aromatic carbocycles. The first kappa shape index (κ1) is 14.1. The Balaban J connectivity index is 2.08. The first-order chi connectivity index (χ1) is 10.2. The lowest BCUT2D eigenvalue weighted by Gasteiger charge is -2.38. The number of hydrogen-bond donors (Lipinski definition) is 0. The van der Waals surface area contributed by atoms with Crippen LogP contribution in [-0.4, -0.2) is 25.0 Å². The maximum absolute atomic E-state index is 2.42. The van der Waals surface area contributed by atoms with Crippen molar-refractivity contribution >= 4 is 0 Å². The number of nitrogens with zero attached hydrogens (tertiary/aromatic N) is 1. The molecule has 21 heavy (non-hydrogen) atoms. The fourth-order valence-corrected chi connectivity index (χ4v) is 3.38. The van der Waals surface area contributed by atoms with E-state index in [1.807, 2.05) is 0 Å². The van der Waals surface area contributed by atoms with E-state index in [1.165, 1.54) is 17.5 Å². The highest BCUT2D eigenvalue weighted by Crippen LogP contribution is 2.41. The zero-order valence-electron chi connectivity index (χ0n) is 12.9. The Kier molecular flexibility index (Phi) is 3.94. The molecule has 1 aliphatic carbocycles. The molecule has 0 aliphatic heterocycles. The van der Waals surface area contributed by atoms with E-state index in [2.05, 4.69) is 91.8 Å². The molecule has 0 spiro atoms. The van der Waals surface area contributed by atoms with E-state index in [1.54, 1.807) is 0 Å². The van der Waals surface area contributed by atoms with Gasteiger partial charge in [0.15, 0.2) is 0 Å². The largest absolute Gasteiger partial charge is 0.303 e. The Bertz CT molecular complexity index is 559. The van der Waals surface area contributed by atoms with Crippen molar-refractivity contribution in [3.63, 3.8) is 0 Å². The summed E-state index contributed by atoms with van der Waals surface area (Å²) in [6, 6.07) is 22.3. The Hall–Kier alpha value is -1.86. The molecule has 0 N–H and O–H groups in total. The van der Waals surface area contributed by atoms with Gasteiger partial charge in [-0.05, 0) is 38.1 Å². The van der Waals surface area contributed by atoms with Crippen LogP contribution < -0.4 is 0 Å². The Morgan fingerprint density at radius 3 is 1.76 bits per heavy atom. The topological polar surface area (TPSA) is 3.24 Å². The monoisotopic (exact) mass is 277 g/mol. The summed E-state index contributed by atoms with van der Waals surface area (Å²) in [5.41, 5.74) is 2.81. The second-order valence-corrected chi connectivity index (χ2v) is 6.13. The third-order valence-corrected chi connectivity index (χ3v) is 4.68. The lowest BCUT2D eigenvalue weighted by Crippen LogP contribution is -2.35. The highest BCUT2D eigenvalue weighted by atomic mass is 15.1. The molecule has 0 heterocycles. The Morgan fingerprint density at radius 1 is 0.857 bits per heavy atom. The van der Waals surface area contributed by atoms with Gasteiger partial charge in [0.05, 0.1) is 0 Å². The summed E-state index contributed by atoms with van der Waals surface area (Å²) in [5, 5.41) is 0. The minimum Gasteiger partial charge on any atom is -0.303 e. The van der Waals surface area contributed by atoms with E-state index < -0.39 is 0 Å². The molecule has 1 heteroatoms. The summed E-state index contributed by atoms with van der Waals surface area (Å²) in [7, 11) is 4.32. The summed E-state index contributed by atoms with van der Waals surface area (Å²) in [4.78, 5) is 2.30. The van der Waals surface area contributed by atoms with Gasteiger partial charge in [0.1, 0.15) is 0 Å². The average Bonchev–Trinajstić information content (AvgIpc) is 2.56. The third-order valence-electron chi connectivity index (χ3n) is 4.68. The Labute approximate surface area is 127 Å². The maximum atomic E-state index is 2.42. The van der Waals surface area contributed by atoms with E-state index in [4.69, 9.17) is 0 Å². The van der Waals surface area contributed by atoms with Crippen LogP contribution >= 0.6 is 0 Å².